The standard InChI is InChI=1S/C14H16FN3O3/c1-8-3-4-11-17-12(13(15)18(11)5-8)14(19)16-9-6-21-7-10(9)20-2/h3-5,9-10H,6-7H2,1-2H3,(H,16,19)/t9-,10-/m0/s1. The number of rotatable bonds is 3. The van der Waals surface area contributed by atoms with E-state index in [2.05, 4.69) is 10.3 Å². The third kappa shape index (κ3) is 2.50. The minimum atomic E-state index is -0.668. The van der Waals surface area contributed by atoms with Crippen LogP contribution in [0.2, 0.25) is 0 Å². The number of carbonyl (C=O) groups excluding carboxylic acids is 1. The number of fused-ring (bicyclic) bond motifs is 1. The van der Waals surface area contributed by atoms with Gasteiger partial charge >= 0.3 is 0 Å². The van der Waals surface area contributed by atoms with Crippen molar-refractivity contribution >= 4 is 11.6 Å². The molecule has 1 fully saturated rings. The topological polar surface area (TPSA) is 64.9 Å². The molecule has 1 aliphatic heterocycles. The van der Waals surface area contributed by atoms with E-state index >= 15 is 0 Å². The van der Waals surface area contributed by atoms with Crippen LogP contribution in [-0.4, -0.2) is 47.8 Å². The van der Waals surface area contributed by atoms with Crippen molar-refractivity contribution in [2.45, 2.75) is 19.1 Å². The molecule has 1 amide bonds. The molecule has 1 aliphatic rings. The van der Waals surface area contributed by atoms with E-state index in [0.29, 0.717) is 18.9 Å². The molecule has 3 rings (SSSR count). The van der Waals surface area contributed by atoms with Gasteiger partial charge in [-0.05, 0) is 18.6 Å². The number of carbonyl (C=O) groups is 1. The van der Waals surface area contributed by atoms with Gasteiger partial charge in [0.25, 0.3) is 5.91 Å². The fraction of sp³-hybridized carbons (Fsp3) is 0.429. The van der Waals surface area contributed by atoms with Crippen molar-refractivity contribution < 1.29 is 18.7 Å². The summed E-state index contributed by atoms with van der Waals surface area (Å²) in [7, 11) is 1.55. The summed E-state index contributed by atoms with van der Waals surface area (Å²) in [4.78, 5) is 16.2. The number of nitrogens with one attached hydrogen (secondary N) is 1. The van der Waals surface area contributed by atoms with Gasteiger partial charge < -0.3 is 14.8 Å². The fourth-order valence-corrected chi connectivity index (χ4v) is 2.40. The van der Waals surface area contributed by atoms with Gasteiger partial charge in [0, 0.05) is 13.3 Å². The average molecular weight is 293 g/mol. The number of amides is 1. The van der Waals surface area contributed by atoms with Gasteiger partial charge in [-0.3, -0.25) is 9.20 Å². The quantitative estimate of drug-likeness (QED) is 0.914. The van der Waals surface area contributed by atoms with E-state index in [1.807, 2.05) is 13.0 Å². The number of pyridine rings is 1. The third-order valence-electron chi connectivity index (χ3n) is 3.57. The number of ether oxygens (including phenoxy) is 2. The number of nitrogens with zero attached hydrogens (tertiary/aromatic N) is 2. The molecule has 2 aromatic rings. The van der Waals surface area contributed by atoms with E-state index in [9.17, 15) is 9.18 Å². The minimum absolute atomic E-state index is 0.220. The summed E-state index contributed by atoms with van der Waals surface area (Å²) in [6, 6.07) is 3.19. The van der Waals surface area contributed by atoms with Crippen molar-refractivity contribution in [3.63, 3.8) is 0 Å². The smallest absolute Gasteiger partial charge is 0.275 e. The van der Waals surface area contributed by atoms with E-state index in [-0.39, 0.29) is 17.8 Å². The Morgan fingerprint density at radius 2 is 2.33 bits per heavy atom. The van der Waals surface area contributed by atoms with Crippen molar-refractivity contribution in [3.8, 4) is 0 Å². The van der Waals surface area contributed by atoms with Gasteiger partial charge in [-0.25, -0.2) is 4.98 Å². The highest BCUT2D eigenvalue weighted by Crippen LogP contribution is 2.14. The molecule has 0 radical (unpaired) electrons. The van der Waals surface area contributed by atoms with Gasteiger partial charge in [0.15, 0.2) is 5.69 Å². The van der Waals surface area contributed by atoms with E-state index in [0.717, 1.165) is 5.56 Å². The zero-order valence-electron chi connectivity index (χ0n) is 11.8. The molecule has 0 bridgehead atoms. The summed E-state index contributed by atoms with van der Waals surface area (Å²) < 4.78 is 26.0. The lowest BCUT2D eigenvalue weighted by atomic mass is 10.2. The summed E-state index contributed by atoms with van der Waals surface area (Å²) in [6.07, 6.45) is 1.38. The predicted octanol–water partition coefficient (Wildman–Crippen LogP) is 0.925. The van der Waals surface area contributed by atoms with Gasteiger partial charge in [-0.15, -0.1) is 0 Å². The van der Waals surface area contributed by atoms with Gasteiger partial charge in [-0.2, -0.15) is 4.39 Å². The Morgan fingerprint density at radius 1 is 1.52 bits per heavy atom. The highest BCUT2D eigenvalue weighted by atomic mass is 19.1. The van der Waals surface area contributed by atoms with Crippen molar-refractivity contribution in [1.29, 1.82) is 0 Å². The molecule has 1 saturated heterocycles. The molecular formula is C14H16FN3O3. The Labute approximate surface area is 120 Å². The first-order valence-corrected chi connectivity index (χ1v) is 6.65. The van der Waals surface area contributed by atoms with Crippen molar-refractivity contribution in [1.82, 2.24) is 14.7 Å². The largest absolute Gasteiger partial charge is 0.377 e. The molecule has 7 heteroatoms. The molecule has 0 aromatic carbocycles. The molecular weight excluding hydrogens is 277 g/mol. The summed E-state index contributed by atoms with van der Waals surface area (Å²) in [5.74, 6) is -1.23. The molecule has 2 aromatic heterocycles. The molecule has 0 aliphatic carbocycles. The summed E-state index contributed by atoms with van der Waals surface area (Å²) >= 11 is 0. The predicted molar refractivity (Wildman–Crippen MR) is 72.8 cm³/mol. The van der Waals surface area contributed by atoms with Gasteiger partial charge in [0.1, 0.15) is 11.8 Å². The Morgan fingerprint density at radius 3 is 3.10 bits per heavy atom. The first kappa shape index (κ1) is 14.0. The van der Waals surface area contributed by atoms with Crippen LogP contribution in [0.3, 0.4) is 0 Å². The Kier molecular flexibility index (Phi) is 3.60. The molecule has 21 heavy (non-hydrogen) atoms. The number of halogens is 1. The minimum Gasteiger partial charge on any atom is -0.377 e. The normalized spacial score (nSPS) is 21.9. The van der Waals surface area contributed by atoms with Gasteiger partial charge in [0.05, 0.1) is 19.3 Å². The van der Waals surface area contributed by atoms with Crippen molar-refractivity contribution in [3.05, 3.63) is 35.5 Å². The lowest BCUT2D eigenvalue weighted by molar-refractivity contribution is 0.0682. The maximum absolute atomic E-state index is 14.3. The SMILES string of the molecule is CO[C@H]1COC[C@@H]1NC(=O)c1nc2ccc(C)cn2c1F. The van der Waals surface area contributed by atoms with Crippen LogP contribution in [0.25, 0.3) is 5.65 Å². The zero-order chi connectivity index (χ0) is 15.0. The Balaban J connectivity index is 1.86. The number of hydrogen-bond acceptors (Lipinski definition) is 4. The molecule has 6 nitrogen and oxygen atoms in total. The van der Waals surface area contributed by atoms with Crippen LogP contribution in [-0.2, 0) is 9.47 Å². The molecule has 0 spiro atoms. The van der Waals surface area contributed by atoms with Crippen LogP contribution in [0.4, 0.5) is 4.39 Å². The van der Waals surface area contributed by atoms with Gasteiger partial charge in [-0.1, -0.05) is 6.07 Å². The second kappa shape index (κ2) is 5.42. The molecule has 2 atom stereocenters. The summed E-state index contributed by atoms with van der Waals surface area (Å²) in [5, 5.41) is 2.71. The maximum Gasteiger partial charge on any atom is 0.275 e. The van der Waals surface area contributed by atoms with E-state index in [1.165, 1.54) is 4.40 Å². The molecule has 112 valence electrons. The number of aryl methyl sites for hydroxylation is 1. The fourth-order valence-electron chi connectivity index (χ4n) is 2.40. The van der Waals surface area contributed by atoms with Crippen LogP contribution in [0.15, 0.2) is 18.3 Å². The first-order valence-electron chi connectivity index (χ1n) is 6.65. The van der Waals surface area contributed by atoms with Crippen LogP contribution in [0.5, 0.6) is 0 Å². The van der Waals surface area contributed by atoms with Crippen molar-refractivity contribution in [2.24, 2.45) is 0 Å². The highest BCUT2D eigenvalue weighted by Gasteiger charge is 2.31. The summed E-state index contributed by atoms with van der Waals surface area (Å²) in [5.41, 5.74) is 1.06. The highest BCUT2D eigenvalue weighted by molar-refractivity contribution is 5.93. The van der Waals surface area contributed by atoms with Gasteiger partial charge in [0.2, 0.25) is 5.95 Å². The third-order valence-corrected chi connectivity index (χ3v) is 3.57. The molecule has 0 saturated carbocycles. The number of methoxy groups -OCH3 is 1. The van der Waals surface area contributed by atoms with Crippen LogP contribution in [0.1, 0.15) is 16.1 Å². The van der Waals surface area contributed by atoms with Crippen LogP contribution < -0.4 is 5.32 Å². The lowest BCUT2D eigenvalue weighted by Gasteiger charge is -2.16. The monoisotopic (exact) mass is 293 g/mol. The van der Waals surface area contributed by atoms with Crippen LogP contribution >= 0.6 is 0 Å². The number of hydrogen-bond donors (Lipinski definition) is 1. The first-order chi connectivity index (χ1) is 10.1. The number of imidazole rings is 1. The van der Waals surface area contributed by atoms with E-state index in [1.54, 1.807) is 19.4 Å². The van der Waals surface area contributed by atoms with Crippen molar-refractivity contribution in [2.75, 3.05) is 20.3 Å². The Hall–Kier alpha value is -1.99. The zero-order valence-corrected chi connectivity index (χ0v) is 11.8. The van der Waals surface area contributed by atoms with E-state index < -0.39 is 11.9 Å². The summed E-state index contributed by atoms with van der Waals surface area (Å²) in [6.45, 7) is 2.60. The lowest BCUT2D eigenvalue weighted by Crippen LogP contribution is -2.43. The molecule has 0 unspecified atom stereocenters. The number of aromatic nitrogens is 2. The molecule has 1 N–H and O–H groups in total. The van der Waals surface area contributed by atoms with E-state index in [4.69, 9.17) is 9.47 Å². The Bertz CT molecular complexity index is 685. The average Bonchev–Trinajstić information content (AvgIpc) is 3.04. The van der Waals surface area contributed by atoms with Crippen LogP contribution in [0, 0.1) is 12.9 Å². The second-order valence-corrected chi connectivity index (χ2v) is 5.08. The second-order valence-electron chi connectivity index (χ2n) is 5.08. The maximum atomic E-state index is 14.3. The molecule has 3 heterocycles.